The molecule has 1 aliphatic rings. The van der Waals surface area contributed by atoms with Gasteiger partial charge in [-0.25, -0.2) is 4.79 Å². The van der Waals surface area contributed by atoms with Gasteiger partial charge < -0.3 is 23.0 Å². The molecule has 0 saturated heterocycles. The summed E-state index contributed by atoms with van der Waals surface area (Å²) in [5.74, 6) is 2.43. The van der Waals surface area contributed by atoms with Gasteiger partial charge in [0, 0.05) is 24.2 Å². The average molecular weight is 410 g/mol. The van der Waals surface area contributed by atoms with Crippen LogP contribution >= 0.6 is 0 Å². The quantitative estimate of drug-likeness (QED) is 0.440. The molecular weight excluding hydrogens is 384 g/mol. The lowest BCUT2D eigenvalue weighted by atomic mass is 10.0. The number of ether oxygens (including phenoxy) is 3. The first kappa shape index (κ1) is 20.3. The molecule has 0 aliphatic heterocycles. The van der Waals surface area contributed by atoms with Crippen molar-refractivity contribution in [2.75, 3.05) is 19.8 Å². The monoisotopic (exact) mass is 410 g/mol. The minimum atomic E-state index is -0.589. The Bertz CT molecular complexity index is 928. The molecule has 1 aromatic carbocycles. The molecule has 2 heterocycles. The van der Waals surface area contributed by atoms with Crippen molar-refractivity contribution in [3.8, 4) is 16.9 Å². The SMILES string of the molecule is CCOC(=O)C(Cc1ccc(OCCC2c3occc3-c3ccoc32)cc1)OCC. The first-order valence-electron chi connectivity index (χ1n) is 10.4. The van der Waals surface area contributed by atoms with Crippen molar-refractivity contribution < 1.29 is 27.8 Å². The Morgan fingerprint density at radius 1 is 0.967 bits per heavy atom. The van der Waals surface area contributed by atoms with E-state index in [1.54, 1.807) is 19.5 Å². The molecular formula is C24H26O6. The largest absolute Gasteiger partial charge is 0.494 e. The third-order valence-electron chi connectivity index (χ3n) is 5.25. The van der Waals surface area contributed by atoms with Gasteiger partial charge in [-0.15, -0.1) is 0 Å². The lowest BCUT2D eigenvalue weighted by molar-refractivity contribution is -0.156. The fraction of sp³-hybridized carbons (Fsp3) is 0.375. The summed E-state index contributed by atoms with van der Waals surface area (Å²) in [7, 11) is 0. The number of rotatable bonds is 10. The molecule has 4 rings (SSSR count). The van der Waals surface area contributed by atoms with Crippen molar-refractivity contribution in [2.45, 2.75) is 38.7 Å². The molecule has 0 fully saturated rings. The van der Waals surface area contributed by atoms with Crippen LogP contribution in [0.3, 0.4) is 0 Å². The van der Waals surface area contributed by atoms with Crippen LogP contribution in [0.2, 0.25) is 0 Å². The highest BCUT2D eigenvalue weighted by Gasteiger charge is 2.34. The van der Waals surface area contributed by atoms with E-state index in [1.165, 1.54) is 0 Å². The van der Waals surface area contributed by atoms with Gasteiger partial charge in [0.25, 0.3) is 0 Å². The van der Waals surface area contributed by atoms with Crippen molar-refractivity contribution in [3.05, 3.63) is 66.0 Å². The van der Waals surface area contributed by atoms with E-state index < -0.39 is 6.10 Å². The van der Waals surface area contributed by atoms with E-state index in [9.17, 15) is 4.79 Å². The van der Waals surface area contributed by atoms with E-state index in [2.05, 4.69) is 0 Å². The van der Waals surface area contributed by atoms with E-state index in [0.717, 1.165) is 40.4 Å². The predicted molar refractivity (Wildman–Crippen MR) is 111 cm³/mol. The Balaban J connectivity index is 1.32. The van der Waals surface area contributed by atoms with Crippen LogP contribution in [0.4, 0.5) is 0 Å². The van der Waals surface area contributed by atoms with Crippen molar-refractivity contribution in [3.63, 3.8) is 0 Å². The number of furan rings is 2. The molecule has 0 spiro atoms. The number of fused-ring (bicyclic) bond motifs is 3. The second kappa shape index (κ2) is 9.22. The van der Waals surface area contributed by atoms with Crippen LogP contribution in [0.25, 0.3) is 11.1 Å². The Morgan fingerprint density at radius 2 is 1.63 bits per heavy atom. The zero-order valence-corrected chi connectivity index (χ0v) is 17.3. The lowest BCUT2D eigenvalue weighted by Crippen LogP contribution is -2.28. The number of hydrogen-bond acceptors (Lipinski definition) is 6. The molecule has 0 N–H and O–H groups in total. The van der Waals surface area contributed by atoms with E-state index in [1.807, 2.05) is 43.3 Å². The van der Waals surface area contributed by atoms with E-state index in [0.29, 0.717) is 26.2 Å². The smallest absolute Gasteiger partial charge is 0.335 e. The Morgan fingerprint density at radius 3 is 2.23 bits per heavy atom. The summed E-state index contributed by atoms with van der Waals surface area (Å²) in [5.41, 5.74) is 3.21. The van der Waals surface area contributed by atoms with Gasteiger partial charge in [0.05, 0.1) is 31.7 Å². The number of carbonyl (C=O) groups excluding carboxylic acids is 1. The predicted octanol–water partition coefficient (Wildman–Crippen LogP) is 4.96. The fourth-order valence-corrected chi connectivity index (χ4v) is 3.89. The highest BCUT2D eigenvalue weighted by molar-refractivity contribution is 5.75. The van der Waals surface area contributed by atoms with Crippen LogP contribution in [-0.2, 0) is 20.7 Å². The van der Waals surface area contributed by atoms with Crippen LogP contribution in [0.15, 0.2) is 57.8 Å². The summed E-state index contributed by atoms with van der Waals surface area (Å²) in [5, 5.41) is 0. The summed E-state index contributed by atoms with van der Waals surface area (Å²) in [6, 6.07) is 11.7. The molecule has 1 unspecified atom stereocenters. The minimum absolute atomic E-state index is 0.0794. The molecule has 0 radical (unpaired) electrons. The van der Waals surface area contributed by atoms with Gasteiger partial charge in [-0.2, -0.15) is 0 Å². The molecule has 158 valence electrons. The molecule has 6 heteroatoms. The van der Waals surface area contributed by atoms with Gasteiger partial charge in [-0.3, -0.25) is 0 Å². The lowest BCUT2D eigenvalue weighted by Gasteiger charge is -2.16. The first-order valence-corrected chi connectivity index (χ1v) is 10.4. The molecule has 6 nitrogen and oxygen atoms in total. The number of esters is 1. The molecule has 0 amide bonds. The maximum atomic E-state index is 12.0. The van der Waals surface area contributed by atoms with Gasteiger partial charge in [-0.05, 0) is 50.1 Å². The molecule has 1 aliphatic carbocycles. The minimum Gasteiger partial charge on any atom is -0.494 e. The summed E-state index contributed by atoms with van der Waals surface area (Å²) in [4.78, 5) is 12.0. The van der Waals surface area contributed by atoms with Crippen LogP contribution in [0.5, 0.6) is 5.75 Å². The number of hydrogen-bond donors (Lipinski definition) is 0. The van der Waals surface area contributed by atoms with Crippen LogP contribution in [0, 0.1) is 0 Å². The third kappa shape index (κ3) is 4.14. The third-order valence-corrected chi connectivity index (χ3v) is 5.25. The highest BCUT2D eigenvalue weighted by atomic mass is 16.6. The Hall–Kier alpha value is -2.99. The summed E-state index contributed by atoms with van der Waals surface area (Å²) >= 11 is 0. The zero-order chi connectivity index (χ0) is 20.9. The first-order chi connectivity index (χ1) is 14.7. The molecule has 1 atom stereocenters. The van der Waals surface area contributed by atoms with Gasteiger partial charge >= 0.3 is 5.97 Å². The second-order valence-electron chi connectivity index (χ2n) is 7.13. The van der Waals surface area contributed by atoms with Crippen molar-refractivity contribution in [2.24, 2.45) is 0 Å². The van der Waals surface area contributed by atoms with Crippen LogP contribution < -0.4 is 4.74 Å². The zero-order valence-electron chi connectivity index (χ0n) is 17.3. The highest BCUT2D eigenvalue weighted by Crippen LogP contribution is 2.47. The van der Waals surface area contributed by atoms with E-state index >= 15 is 0 Å². The van der Waals surface area contributed by atoms with E-state index in [-0.39, 0.29) is 11.9 Å². The maximum Gasteiger partial charge on any atom is 0.335 e. The number of benzene rings is 1. The summed E-state index contributed by atoms with van der Waals surface area (Å²) in [6.07, 6.45) is 4.09. The topological polar surface area (TPSA) is 71.0 Å². The van der Waals surface area contributed by atoms with Crippen molar-refractivity contribution in [1.82, 2.24) is 0 Å². The Kier molecular flexibility index (Phi) is 6.23. The van der Waals surface area contributed by atoms with Crippen molar-refractivity contribution in [1.29, 1.82) is 0 Å². The summed E-state index contributed by atoms with van der Waals surface area (Å²) < 4.78 is 27.9. The fourth-order valence-electron chi connectivity index (χ4n) is 3.89. The van der Waals surface area contributed by atoms with Gasteiger partial charge in [0.1, 0.15) is 17.3 Å². The number of carbonyl (C=O) groups is 1. The van der Waals surface area contributed by atoms with Gasteiger partial charge in [0.2, 0.25) is 0 Å². The van der Waals surface area contributed by atoms with Crippen LogP contribution in [-0.4, -0.2) is 31.9 Å². The molecule has 30 heavy (non-hydrogen) atoms. The summed E-state index contributed by atoms with van der Waals surface area (Å²) in [6.45, 7) is 4.99. The van der Waals surface area contributed by atoms with E-state index in [4.69, 9.17) is 23.0 Å². The average Bonchev–Trinajstić information content (AvgIpc) is 3.45. The maximum absolute atomic E-state index is 12.0. The van der Waals surface area contributed by atoms with Gasteiger partial charge in [0.15, 0.2) is 6.10 Å². The van der Waals surface area contributed by atoms with Crippen molar-refractivity contribution >= 4 is 5.97 Å². The Labute approximate surface area is 175 Å². The van der Waals surface area contributed by atoms with Crippen LogP contribution in [0.1, 0.15) is 43.3 Å². The normalized spacial score (nSPS) is 13.7. The second-order valence-corrected chi connectivity index (χ2v) is 7.13. The standard InChI is InChI=1S/C24H26O6/c1-3-26-21(24(25)27-4-2)15-16-5-7-17(8-6-16)28-12-11-20-22-18(9-13-29-22)19-10-14-30-23(19)20/h5-10,13-14,20-21H,3-4,11-12,15H2,1-2H3. The molecule has 0 saturated carbocycles. The molecule has 0 bridgehead atoms. The molecule has 3 aromatic rings. The molecule has 2 aromatic heterocycles. The van der Waals surface area contributed by atoms with Gasteiger partial charge in [-0.1, -0.05) is 12.1 Å².